The van der Waals surface area contributed by atoms with Crippen LogP contribution >= 0.6 is 15.9 Å². The molecular weight excluding hydrogens is 320 g/mol. The van der Waals surface area contributed by atoms with Crippen LogP contribution in [0.5, 0.6) is 5.88 Å². The van der Waals surface area contributed by atoms with Gasteiger partial charge in [-0.25, -0.2) is 13.4 Å². The number of rotatable bonds is 5. The fraction of sp³-hybridized carbons (Fsp3) is 0.545. The fourth-order valence-corrected chi connectivity index (χ4v) is 3.61. The molecule has 0 amide bonds. The van der Waals surface area contributed by atoms with Gasteiger partial charge in [0, 0.05) is 6.20 Å². The van der Waals surface area contributed by atoms with Crippen LogP contribution in [-0.2, 0) is 10.0 Å². The molecule has 2 heterocycles. The number of nitrogens with zero attached hydrogens (tertiary/aromatic N) is 2. The minimum atomic E-state index is -3.09. The van der Waals surface area contributed by atoms with Crippen molar-refractivity contribution in [2.45, 2.75) is 19.4 Å². The zero-order valence-corrected chi connectivity index (χ0v) is 12.4. The standard InChI is InChI=1S/C11H15BrN2O3S/c1-2-6-18(15,16)14-7-9(8-14)17-11-10(12)4-3-5-13-11/h3-5,9H,2,6-8H2,1H3. The molecule has 0 spiro atoms. The van der Waals surface area contributed by atoms with Gasteiger partial charge in [-0.1, -0.05) is 6.92 Å². The Hall–Kier alpha value is -0.660. The van der Waals surface area contributed by atoms with E-state index in [1.807, 2.05) is 13.0 Å². The Bertz CT molecular complexity index is 515. The molecule has 1 fully saturated rings. The summed E-state index contributed by atoms with van der Waals surface area (Å²) in [7, 11) is -3.09. The van der Waals surface area contributed by atoms with Gasteiger partial charge in [-0.15, -0.1) is 0 Å². The van der Waals surface area contributed by atoms with Gasteiger partial charge < -0.3 is 4.74 Å². The summed E-state index contributed by atoms with van der Waals surface area (Å²) in [6.45, 7) is 2.67. The number of aromatic nitrogens is 1. The number of ether oxygens (including phenoxy) is 1. The van der Waals surface area contributed by atoms with Crippen LogP contribution in [0.15, 0.2) is 22.8 Å². The average molecular weight is 335 g/mol. The Morgan fingerprint density at radius 2 is 2.28 bits per heavy atom. The molecule has 5 nitrogen and oxygen atoms in total. The van der Waals surface area contributed by atoms with E-state index >= 15 is 0 Å². The lowest BCUT2D eigenvalue weighted by atomic mass is 10.2. The Morgan fingerprint density at radius 3 is 2.89 bits per heavy atom. The van der Waals surface area contributed by atoms with Gasteiger partial charge in [-0.05, 0) is 34.5 Å². The SMILES string of the molecule is CCCS(=O)(=O)N1CC(Oc2ncccc2Br)C1. The zero-order chi connectivity index (χ0) is 13.2. The largest absolute Gasteiger partial charge is 0.471 e. The lowest BCUT2D eigenvalue weighted by molar-refractivity contribution is 0.0714. The van der Waals surface area contributed by atoms with Gasteiger partial charge in [0.2, 0.25) is 15.9 Å². The summed E-state index contributed by atoms with van der Waals surface area (Å²) in [6, 6.07) is 3.64. The van der Waals surface area contributed by atoms with Crippen LogP contribution in [0, 0.1) is 0 Å². The molecular formula is C11H15BrN2O3S. The van der Waals surface area contributed by atoms with Gasteiger partial charge in [-0.2, -0.15) is 4.31 Å². The number of sulfonamides is 1. The van der Waals surface area contributed by atoms with Gasteiger partial charge in [0.25, 0.3) is 0 Å². The van der Waals surface area contributed by atoms with Crippen molar-refractivity contribution in [3.8, 4) is 5.88 Å². The van der Waals surface area contributed by atoms with E-state index in [-0.39, 0.29) is 11.9 Å². The molecule has 0 radical (unpaired) electrons. The molecule has 0 N–H and O–H groups in total. The molecule has 7 heteroatoms. The van der Waals surface area contributed by atoms with Crippen molar-refractivity contribution in [1.29, 1.82) is 0 Å². The van der Waals surface area contributed by atoms with E-state index in [0.29, 0.717) is 25.4 Å². The fourth-order valence-electron chi connectivity index (χ4n) is 1.71. The first-order chi connectivity index (χ1) is 8.53. The molecule has 0 saturated carbocycles. The van der Waals surface area contributed by atoms with Crippen LogP contribution < -0.4 is 4.74 Å². The minimum absolute atomic E-state index is 0.108. The van der Waals surface area contributed by atoms with Crippen molar-refractivity contribution in [2.24, 2.45) is 0 Å². The summed E-state index contributed by atoms with van der Waals surface area (Å²) in [6.07, 6.45) is 2.17. The predicted octanol–water partition coefficient (Wildman–Crippen LogP) is 1.65. The highest BCUT2D eigenvalue weighted by molar-refractivity contribution is 9.10. The van der Waals surface area contributed by atoms with Crippen molar-refractivity contribution in [3.05, 3.63) is 22.8 Å². The van der Waals surface area contributed by atoms with Crippen molar-refractivity contribution in [3.63, 3.8) is 0 Å². The maximum atomic E-state index is 11.7. The van der Waals surface area contributed by atoms with Gasteiger partial charge in [0.15, 0.2) is 0 Å². The maximum Gasteiger partial charge on any atom is 0.228 e. The lowest BCUT2D eigenvalue weighted by Gasteiger charge is -2.37. The molecule has 1 aromatic rings. The monoisotopic (exact) mass is 334 g/mol. The average Bonchev–Trinajstić information content (AvgIpc) is 2.24. The number of pyridine rings is 1. The molecule has 0 aromatic carbocycles. The summed E-state index contributed by atoms with van der Waals surface area (Å²) in [5.41, 5.74) is 0. The number of halogens is 1. The summed E-state index contributed by atoms with van der Waals surface area (Å²) in [5, 5.41) is 0. The van der Waals surface area contributed by atoms with Crippen molar-refractivity contribution in [1.82, 2.24) is 9.29 Å². The molecule has 0 unspecified atom stereocenters. The molecule has 100 valence electrons. The first-order valence-corrected chi connectivity index (χ1v) is 8.18. The molecule has 0 aliphatic carbocycles. The first kappa shape index (κ1) is 13.8. The summed E-state index contributed by atoms with van der Waals surface area (Å²) in [4.78, 5) is 4.09. The van der Waals surface area contributed by atoms with Crippen LogP contribution in [0.25, 0.3) is 0 Å². The highest BCUT2D eigenvalue weighted by Crippen LogP contribution is 2.25. The third kappa shape index (κ3) is 3.02. The summed E-state index contributed by atoms with van der Waals surface area (Å²) in [5.74, 6) is 0.711. The van der Waals surface area contributed by atoms with Crippen molar-refractivity contribution >= 4 is 26.0 Å². The first-order valence-electron chi connectivity index (χ1n) is 5.78. The Balaban J connectivity index is 1.89. The van der Waals surface area contributed by atoms with E-state index in [4.69, 9.17) is 4.74 Å². The quantitative estimate of drug-likeness (QED) is 0.821. The third-order valence-corrected chi connectivity index (χ3v) is 5.29. The Morgan fingerprint density at radius 1 is 1.56 bits per heavy atom. The second kappa shape index (κ2) is 5.54. The van der Waals surface area contributed by atoms with Crippen LogP contribution in [-0.4, -0.2) is 42.7 Å². The number of hydrogen-bond donors (Lipinski definition) is 0. The van der Waals surface area contributed by atoms with Crippen molar-refractivity contribution < 1.29 is 13.2 Å². The molecule has 1 aliphatic heterocycles. The van der Waals surface area contributed by atoms with E-state index in [1.165, 1.54) is 4.31 Å². The summed E-state index contributed by atoms with van der Waals surface area (Å²) >= 11 is 3.34. The molecule has 0 atom stereocenters. The van der Waals surface area contributed by atoms with Crippen molar-refractivity contribution in [2.75, 3.05) is 18.8 Å². The Labute approximate surface area is 115 Å². The van der Waals surface area contributed by atoms with E-state index in [0.717, 1.165) is 4.47 Å². The zero-order valence-electron chi connectivity index (χ0n) is 10.0. The van der Waals surface area contributed by atoms with Gasteiger partial charge >= 0.3 is 0 Å². The van der Waals surface area contributed by atoms with E-state index in [9.17, 15) is 8.42 Å². The normalized spacial score (nSPS) is 17.4. The smallest absolute Gasteiger partial charge is 0.228 e. The highest BCUT2D eigenvalue weighted by atomic mass is 79.9. The molecule has 0 bridgehead atoms. The summed E-state index contributed by atoms with van der Waals surface area (Å²) < 4.78 is 31.3. The number of hydrogen-bond acceptors (Lipinski definition) is 4. The van der Waals surface area contributed by atoms with E-state index in [2.05, 4.69) is 20.9 Å². The Kier molecular flexibility index (Phi) is 4.24. The molecule has 1 saturated heterocycles. The minimum Gasteiger partial charge on any atom is -0.471 e. The van der Waals surface area contributed by atoms with Crippen LogP contribution in [0.3, 0.4) is 0 Å². The van der Waals surface area contributed by atoms with Gasteiger partial charge in [0.1, 0.15) is 6.10 Å². The van der Waals surface area contributed by atoms with E-state index in [1.54, 1.807) is 12.3 Å². The van der Waals surface area contributed by atoms with Crippen LogP contribution in [0.2, 0.25) is 0 Å². The predicted molar refractivity (Wildman–Crippen MR) is 72.0 cm³/mol. The molecule has 2 rings (SSSR count). The van der Waals surface area contributed by atoms with Crippen LogP contribution in [0.4, 0.5) is 0 Å². The molecule has 1 aliphatic rings. The van der Waals surface area contributed by atoms with E-state index < -0.39 is 10.0 Å². The topological polar surface area (TPSA) is 59.5 Å². The highest BCUT2D eigenvalue weighted by Gasteiger charge is 2.36. The second-order valence-corrected chi connectivity index (χ2v) is 7.11. The van der Waals surface area contributed by atoms with Gasteiger partial charge in [0.05, 0.1) is 23.3 Å². The molecule has 18 heavy (non-hydrogen) atoms. The van der Waals surface area contributed by atoms with Gasteiger partial charge in [-0.3, -0.25) is 0 Å². The maximum absolute atomic E-state index is 11.7. The second-order valence-electron chi connectivity index (χ2n) is 4.16. The molecule has 1 aromatic heterocycles. The lowest BCUT2D eigenvalue weighted by Crippen LogP contribution is -2.56. The van der Waals surface area contributed by atoms with Crippen LogP contribution in [0.1, 0.15) is 13.3 Å². The third-order valence-electron chi connectivity index (χ3n) is 2.67.